The standard InChI is InChI=1S/C21H30N2.C19H23FN2/c1-4-8-17-13-18(5-2)16(3)23(15-17)12-11-20-14-19-9-6-7-10-21(19)22-20;1-2-14-9-13-3-6-19(14)22(12-13)8-7-15-11-21-18-10-16(20)4-5-17(15)18/h4,6-10,14,16-18,22H,5,11-13,15H2,1-3H3;3-6,10-11,13-14,19,21H,2,7-9,12H2,1H3/b8-4-;. The van der Waals surface area contributed by atoms with Crippen LogP contribution in [0.4, 0.5) is 4.39 Å². The first-order chi connectivity index (χ1) is 21.9. The molecule has 240 valence electrons. The molecule has 4 nitrogen and oxygen atoms in total. The second-order valence-electron chi connectivity index (χ2n) is 13.8. The number of rotatable bonds is 9. The number of para-hydroxylation sites is 1. The molecule has 0 amide bonds. The van der Waals surface area contributed by atoms with Crippen molar-refractivity contribution in [1.82, 2.24) is 19.8 Å². The molecule has 2 aromatic carbocycles. The fourth-order valence-electron chi connectivity index (χ4n) is 8.46. The average molecular weight is 609 g/mol. The summed E-state index contributed by atoms with van der Waals surface area (Å²) in [7, 11) is 0. The SMILES string of the molecule is C/C=C\C1CC(CC)C(C)N(CCc2cc3ccccc3[nH]2)C1.CCC1CC2C=CC1N(CCc1c[nH]c3cc(F)ccc13)C2. The molecule has 0 spiro atoms. The second kappa shape index (κ2) is 14.5. The van der Waals surface area contributed by atoms with Gasteiger partial charge in [0.05, 0.1) is 0 Å². The molecule has 2 bridgehead atoms. The van der Waals surface area contributed by atoms with Gasteiger partial charge in [0.2, 0.25) is 0 Å². The van der Waals surface area contributed by atoms with Crippen LogP contribution in [-0.4, -0.2) is 58.0 Å². The van der Waals surface area contributed by atoms with E-state index in [1.807, 2.05) is 12.3 Å². The molecule has 3 aliphatic heterocycles. The Morgan fingerprint density at radius 2 is 1.71 bits per heavy atom. The summed E-state index contributed by atoms with van der Waals surface area (Å²) in [5, 5.41) is 2.48. The van der Waals surface area contributed by atoms with E-state index in [0.717, 1.165) is 60.5 Å². The fraction of sp³-hybridized carbons (Fsp3) is 0.500. The minimum absolute atomic E-state index is 0.176. The van der Waals surface area contributed by atoms with Gasteiger partial charge in [0.25, 0.3) is 0 Å². The molecule has 2 N–H and O–H groups in total. The van der Waals surface area contributed by atoms with E-state index >= 15 is 0 Å². The Hall–Kier alpha value is -3.15. The van der Waals surface area contributed by atoms with Crippen molar-refractivity contribution in [3.63, 3.8) is 0 Å². The molecule has 6 unspecified atom stereocenters. The van der Waals surface area contributed by atoms with Crippen LogP contribution >= 0.6 is 0 Å². The lowest BCUT2D eigenvalue weighted by Gasteiger charge is -2.46. The summed E-state index contributed by atoms with van der Waals surface area (Å²) in [4.78, 5) is 12.1. The van der Waals surface area contributed by atoms with Crippen LogP contribution in [0.1, 0.15) is 64.6 Å². The van der Waals surface area contributed by atoms with Gasteiger partial charge in [-0.1, -0.05) is 69.2 Å². The number of hydrogen-bond acceptors (Lipinski definition) is 2. The van der Waals surface area contributed by atoms with Crippen LogP contribution in [0.25, 0.3) is 21.8 Å². The Balaban J connectivity index is 0.000000159. The van der Waals surface area contributed by atoms with E-state index in [-0.39, 0.29) is 5.82 Å². The van der Waals surface area contributed by atoms with Gasteiger partial charge < -0.3 is 9.97 Å². The lowest BCUT2D eigenvalue weighted by Crippen LogP contribution is -2.50. The van der Waals surface area contributed by atoms with Gasteiger partial charge in [-0.15, -0.1) is 0 Å². The Kier molecular flexibility index (Phi) is 10.3. The third kappa shape index (κ3) is 7.31. The maximum Gasteiger partial charge on any atom is 0.125 e. The summed E-state index contributed by atoms with van der Waals surface area (Å²) in [5.41, 5.74) is 4.82. The quantitative estimate of drug-likeness (QED) is 0.186. The van der Waals surface area contributed by atoms with E-state index in [9.17, 15) is 4.39 Å². The van der Waals surface area contributed by atoms with Crippen LogP contribution < -0.4 is 0 Å². The number of benzene rings is 2. The van der Waals surface area contributed by atoms with Crippen LogP contribution in [0.5, 0.6) is 0 Å². The zero-order valence-electron chi connectivity index (χ0n) is 27.8. The molecule has 2 saturated heterocycles. The number of fused-ring (bicyclic) bond motifs is 4. The first-order valence-corrected chi connectivity index (χ1v) is 17.6. The lowest BCUT2D eigenvalue weighted by molar-refractivity contribution is 0.0793. The molecular formula is C40H53FN4. The summed E-state index contributed by atoms with van der Waals surface area (Å²) in [6.07, 6.45) is 18.9. The maximum absolute atomic E-state index is 13.3. The lowest BCUT2D eigenvalue weighted by atomic mass is 9.76. The van der Waals surface area contributed by atoms with Gasteiger partial charge in [0.1, 0.15) is 5.82 Å². The molecule has 2 aromatic heterocycles. The molecule has 6 atom stereocenters. The van der Waals surface area contributed by atoms with Crippen molar-refractivity contribution in [3.05, 3.63) is 96.1 Å². The zero-order chi connectivity index (χ0) is 31.3. The molecule has 4 aliphatic rings. The summed E-state index contributed by atoms with van der Waals surface area (Å²) >= 11 is 0. The van der Waals surface area contributed by atoms with E-state index in [2.05, 4.69) is 102 Å². The highest BCUT2D eigenvalue weighted by molar-refractivity contribution is 5.83. The number of piperidine rings is 2. The van der Waals surface area contributed by atoms with Crippen molar-refractivity contribution >= 4 is 21.8 Å². The van der Waals surface area contributed by atoms with Crippen LogP contribution in [-0.2, 0) is 12.8 Å². The van der Waals surface area contributed by atoms with Crippen molar-refractivity contribution in [3.8, 4) is 0 Å². The first kappa shape index (κ1) is 31.8. The largest absolute Gasteiger partial charge is 0.361 e. The van der Waals surface area contributed by atoms with E-state index in [1.54, 1.807) is 12.1 Å². The molecule has 5 heteroatoms. The third-order valence-electron chi connectivity index (χ3n) is 11.1. The van der Waals surface area contributed by atoms with Crippen LogP contribution in [0.2, 0.25) is 0 Å². The summed E-state index contributed by atoms with van der Waals surface area (Å²) < 4.78 is 13.3. The second-order valence-corrected chi connectivity index (χ2v) is 13.8. The molecule has 2 fully saturated rings. The number of aromatic nitrogens is 2. The average Bonchev–Trinajstić information content (AvgIpc) is 3.67. The van der Waals surface area contributed by atoms with Crippen molar-refractivity contribution in [2.24, 2.45) is 23.7 Å². The van der Waals surface area contributed by atoms with E-state index in [0.29, 0.717) is 12.1 Å². The number of H-pyrrole nitrogens is 2. The molecule has 5 heterocycles. The number of allylic oxidation sites excluding steroid dienone is 1. The Morgan fingerprint density at radius 3 is 2.49 bits per heavy atom. The minimum atomic E-state index is -0.176. The smallest absolute Gasteiger partial charge is 0.125 e. The maximum atomic E-state index is 13.3. The van der Waals surface area contributed by atoms with Crippen molar-refractivity contribution in [2.45, 2.75) is 78.3 Å². The van der Waals surface area contributed by atoms with E-state index < -0.39 is 0 Å². The predicted octanol–water partition coefficient (Wildman–Crippen LogP) is 9.16. The Labute approximate surface area is 269 Å². The molecule has 4 aromatic rings. The van der Waals surface area contributed by atoms with Gasteiger partial charge in [0.15, 0.2) is 0 Å². The van der Waals surface area contributed by atoms with Gasteiger partial charge in [-0.25, -0.2) is 4.39 Å². The van der Waals surface area contributed by atoms with Crippen LogP contribution in [0, 0.1) is 29.5 Å². The van der Waals surface area contributed by atoms with Crippen molar-refractivity contribution in [2.75, 3.05) is 26.2 Å². The number of likely N-dealkylation sites (tertiary alicyclic amines) is 1. The highest BCUT2D eigenvalue weighted by Gasteiger charge is 2.36. The molecule has 0 saturated carbocycles. The van der Waals surface area contributed by atoms with Crippen LogP contribution in [0.3, 0.4) is 0 Å². The van der Waals surface area contributed by atoms with Crippen molar-refractivity contribution < 1.29 is 4.39 Å². The van der Waals surface area contributed by atoms with Crippen LogP contribution in [0.15, 0.2) is 79.0 Å². The minimum Gasteiger partial charge on any atom is -0.361 e. The molecule has 45 heavy (non-hydrogen) atoms. The highest BCUT2D eigenvalue weighted by atomic mass is 19.1. The summed E-state index contributed by atoms with van der Waals surface area (Å²) in [6, 6.07) is 17.2. The van der Waals surface area contributed by atoms with E-state index in [1.165, 1.54) is 60.9 Å². The zero-order valence-corrected chi connectivity index (χ0v) is 27.8. The van der Waals surface area contributed by atoms with E-state index in [4.69, 9.17) is 0 Å². The molecule has 0 radical (unpaired) electrons. The fourth-order valence-corrected chi connectivity index (χ4v) is 8.46. The van der Waals surface area contributed by atoms with Gasteiger partial charge in [-0.2, -0.15) is 0 Å². The number of nitrogens with zero attached hydrogens (tertiary/aromatic N) is 2. The third-order valence-corrected chi connectivity index (χ3v) is 11.1. The number of nitrogens with one attached hydrogen (secondary N) is 2. The summed E-state index contributed by atoms with van der Waals surface area (Å²) in [6.45, 7) is 13.9. The topological polar surface area (TPSA) is 38.1 Å². The monoisotopic (exact) mass is 608 g/mol. The first-order valence-electron chi connectivity index (χ1n) is 17.6. The number of aromatic amines is 2. The van der Waals surface area contributed by atoms with Gasteiger partial charge in [-0.05, 0) is 98.1 Å². The van der Waals surface area contributed by atoms with Crippen molar-refractivity contribution in [1.29, 1.82) is 0 Å². The number of halogens is 1. The molecule has 8 rings (SSSR count). The number of hydrogen-bond donors (Lipinski definition) is 2. The predicted molar refractivity (Wildman–Crippen MR) is 188 cm³/mol. The molecule has 1 aliphatic carbocycles. The summed E-state index contributed by atoms with van der Waals surface area (Å²) in [5.74, 6) is 2.94. The van der Waals surface area contributed by atoms with Gasteiger partial charge in [0, 0.05) is 73.0 Å². The van der Waals surface area contributed by atoms with Gasteiger partial charge >= 0.3 is 0 Å². The normalized spacial score (nSPS) is 27.0. The Bertz CT molecular complexity index is 1560. The Morgan fingerprint density at radius 1 is 0.889 bits per heavy atom. The molecular weight excluding hydrogens is 555 g/mol. The highest BCUT2D eigenvalue weighted by Crippen LogP contribution is 2.36. The van der Waals surface area contributed by atoms with Gasteiger partial charge in [-0.3, -0.25) is 9.80 Å².